The summed E-state index contributed by atoms with van der Waals surface area (Å²) in [5.74, 6) is 1.99. The van der Waals surface area contributed by atoms with Gasteiger partial charge >= 0.3 is 0 Å². The van der Waals surface area contributed by atoms with Gasteiger partial charge in [0.25, 0.3) is 0 Å². The first-order valence-corrected chi connectivity index (χ1v) is 20.6. The number of furan rings is 1. The van der Waals surface area contributed by atoms with E-state index in [0.29, 0.717) is 17.5 Å². The molecule has 0 spiro atoms. The molecule has 0 N–H and O–H groups in total. The van der Waals surface area contributed by atoms with E-state index in [1.807, 2.05) is 59.9 Å². The number of nitrogens with zero attached hydrogens (tertiary/aromatic N) is 3. The van der Waals surface area contributed by atoms with Gasteiger partial charge in [0.2, 0.25) is 0 Å². The molecule has 57 heavy (non-hydrogen) atoms. The van der Waals surface area contributed by atoms with E-state index in [2.05, 4.69) is 127 Å². The zero-order chi connectivity index (χ0) is 37.5. The Morgan fingerprint density at radius 2 is 0.912 bits per heavy atom. The molecule has 0 unspecified atom stereocenters. The maximum atomic E-state index is 6.22. The minimum Gasteiger partial charge on any atom is -0.456 e. The van der Waals surface area contributed by atoms with Crippen molar-refractivity contribution in [3.8, 4) is 56.4 Å². The van der Waals surface area contributed by atoms with Gasteiger partial charge in [-0.2, -0.15) is 0 Å². The Labute approximate surface area is 335 Å². The van der Waals surface area contributed by atoms with Gasteiger partial charge in [0.05, 0.1) is 0 Å². The van der Waals surface area contributed by atoms with Crippen LogP contribution in [0.15, 0.2) is 180 Å². The van der Waals surface area contributed by atoms with Crippen LogP contribution >= 0.6 is 22.7 Å². The van der Waals surface area contributed by atoms with Gasteiger partial charge in [0, 0.05) is 73.4 Å². The molecule has 0 atom stereocenters. The van der Waals surface area contributed by atoms with Gasteiger partial charge in [-0.15, -0.1) is 22.7 Å². The highest BCUT2D eigenvalue weighted by atomic mass is 32.1. The molecule has 0 aliphatic heterocycles. The minimum atomic E-state index is 0.659. The summed E-state index contributed by atoms with van der Waals surface area (Å²) < 4.78 is 11.2. The smallest absolute Gasteiger partial charge is 0.165 e. The number of thiophene rings is 2. The number of fused-ring (bicyclic) bond motifs is 9. The summed E-state index contributed by atoms with van der Waals surface area (Å²) in [6, 6.07) is 62.1. The predicted molar refractivity (Wildman–Crippen MR) is 240 cm³/mol. The molecule has 4 nitrogen and oxygen atoms in total. The van der Waals surface area contributed by atoms with Crippen molar-refractivity contribution in [3.63, 3.8) is 0 Å². The van der Waals surface area contributed by atoms with Crippen molar-refractivity contribution in [2.24, 2.45) is 0 Å². The minimum absolute atomic E-state index is 0.659. The Morgan fingerprint density at radius 1 is 0.316 bits per heavy atom. The van der Waals surface area contributed by atoms with Gasteiger partial charge in [0.15, 0.2) is 17.5 Å². The molecule has 266 valence electrons. The molecule has 0 radical (unpaired) electrons. The van der Waals surface area contributed by atoms with E-state index in [9.17, 15) is 0 Å². The number of benzene rings is 8. The zero-order valence-corrected chi connectivity index (χ0v) is 31.9. The van der Waals surface area contributed by atoms with Crippen LogP contribution in [0.1, 0.15) is 0 Å². The van der Waals surface area contributed by atoms with Gasteiger partial charge in [0.1, 0.15) is 11.2 Å². The third-order valence-electron chi connectivity index (χ3n) is 10.9. The first kappa shape index (κ1) is 32.3. The summed E-state index contributed by atoms with van der Waals surface area (Å²) in [6.07, 6.45) is 0. The highest BCUT2D eigenvalue weighted by Gasteiger charge is 2.19. The number of rotatable bonds is 5. The first-order valence-electron chi connectivity index (χ1n) is 18.9. The molecular formula is C51H29N3OS2. The van der Waals surface area contributed by atoms with E-state index in [0.717, 1.165) is 43.3 Å². The molecule has 0 aliphatic rings. The highest BCUT2D eigenvalue weighted by Crippen LogP contribution is 2.46. The van der Waals surface area contributed by atoms with Crippen LogP contribution in [-0.2, 0) is 0 Å². The third-order valence-corrected chi connectivity index (χ3v) is 13.4. The standard InChI is InChI=1S/C51H29N3OS2/c1-3-12-30(13-4-1)49-52-50(31-14-5-2-6-15-31)54-51(53-49)39-19-11-18-38-37-24-22-32(29-46(37)57-47(38)39)34-27-40(48-42(28-34)36-17-8-10-21-45(36)56-48)33-23-25-44-41(26-33)35-16-7-9-20-43(35)55-44/h1-29H. The molecule has 4 heterocycles. The van der Waals surface area contributed by atoms with Gasteiger partial charge in [-0.25, -0.2) is 15.0 Å². The van der Waals surface area contributed by atoms with Gasteiger partial charge in [-0.05, 0) is 65.2 Å². The molecular weight excluding hydrogens is 735 g/mol. The molecule has 12 aromatic rings. The van der Waals surface area contributed by atoms with Crippen LogP contribution < -0.4 is 0 Å². The fraction of sp³-hybridized carbons (Fsp3) is 0. The topological polar surface area (TPSA) is 51.8 Å². The molecule has 4 aromatic heterocycles. The second-order valence-corrected chi connectivity index (χ2v) is 16.4. The fourth-order valence-corrected chi connectivity index (χ4v) is 10.7. The molecule has 0 saturated heterocycles. The van der Waals surface area contributed by atoms with Crippen LogP contribution in [0.25, 0.3) is 119 Å². The molecule has 6 heteroatoms. The van der Waals surface area contributed by atoms with E-state index < -0.39 is 0 Å². The second kappa shape index (κ2) is 12.8. The molecule has 12 rings (SSSR count). The Kier molecular flexibility index (Phi) is 7.24. The monoisotopic (exact) mass is 763 g/mol. The molecule has 0 aliphatic carbocycles. The van der Waals surface area contributed by atoms with Crippen molar-refractivity contribution in [1.29, 1.82) is 0 Å². The molecule has 0 fully saturated rings. The number of hydrogen-bond acceptors (Lipinski definition) is 6. The average Bonchev–Trinajstić information content (AvgIpc) is 3.97. The maximum absolute atomic E-state index is 6.22. The van der Waals surface area contributed by atoms with Crippen LogP contribution in [0.3, 0.4) is 0 Å². The molecule has 0 saturated carbocycles. The van der Waals surface area contributed by atoms with E-state index in [1.165, 1.54) is 57.9 Å². The van der Waals surface area contributed by atoms with Crippen molar-refractivity contribution in [2.75, 3.05) is 0 Å². The zero-order valence-electron chi connectivity index (χ0n) is 30.3. The summed E-state index contributed by atoms with van der Waals surface area (Å²) in [6.45, 7) is 0. The Balaban J connectivity index is 1.03. The molecule has 8 aromatic carbocycles. The Bertz CT molecular complexity index is 3470. The number of hydrogen-bond donors (Lipinski definition) is 0. The van der Waals surface area contributed by atoms with E-state index >= 15 is 0 Å². The van der Waals surface area contributed by atoms with E-state index in [1.54, 1.807) is 11.3 Å². The summed E-state index contributed by atoms with van der Waals surface area (Å²) in [5.41, 5.74) is 9.52. The molecule has 0 bridgehead atoms. The second-order valence-electron chi connectivity index (χ2n) is 14.3. The summed E-state index contributed by atoms with van der Waals surface area (Å²) >= 11 is 3.66. The lowest BCUT2D eigenvalue weighted by Crippen LogP contribution is -2.00. The first-order chi connectivity index (χ1) is 28.2. The van der Waals surface area contributed by atoms with Gasteiger partial charge < -0.3 is 4.42 Å². The summed E-state index contributed by atoms with van der Waals surface area (Å²) in [7, 11) is 0. The van der Waals surface area contributed by atoms with E-state index in [-0.39, 0.29) is 0 Å². The Morgan fingerprint density at radius 3 is 1.72 bits per heavy atom. The molecule has 0 amide bonds. The number of para-hydroxylation sites is 1. The number of aromatic nitrogens is 3. The van der Waals surface area contributed by atoms with Gasteiger partial charge in [-0.1, -0.05) is 127 Å². The Hall–Kier alpha value is -6.99. The SMILES string of the molecule is c1ccc(-c2nc(-c3ccccc3)nc(-c3cccc4c3sc3cc(-c5cc(-c6ccc7oc8ccccc8c7c6)c6sc7ccccc7c6c5)ccc34)n2)cc1. The lowest BCUT2D eigenvalue weighted by atomic mass is 9.95. The highest BCUT2D eigenvalue weighted by molar-refractivity contribution is 7.26. The lowest BCUT2D eigenvalue weighted by Gasteiger charge is -2.10. The fourth-order valence-electron chi connectivity index (χ4n) is 8.18. The van der Waals surface area contributed by atoms with Crippen molar-refractivity contribution >= 4 is 85.0 Å². The van der Waals surface area contributed by atoms with Crippen LogP contribution in [0.2, 0.25) is 0 Å². The maximum Gasteiger partial charge on any atom is 0.165 e. The van der Waals surface area contributed by atoms with Crippen molar-refractivity contribution in [1.82, 2.24) is 15.0 Å². The van der Waals surface area contributed by atoms with Crippen LogP contribution in [0.5, 0.6) is 0 Å². The third kappa shape index (κ3) is 5.30. The van der Waals surface area contributed by atoms with Crippen LogP contribution in [-0.4, -0.2) is 15.0 Å². The quantitative estimate of drug-likeness (QED) is 0.175. The van der Waals surface area contributed by atoms with Crippen molar-refractivity contribution in [3.05, 3.63) is 176 Å². The summed E-state index contributed by atoms with van der Waals surface area (Å²) in [4.78, 5) is 15.1. The average molecular weight is 764 g/mol. The summed E-state index contributed by atoms with van der Waals surface area (Å²) in [5, 5.41) is 7.25. The normalized spacial score (nSPS) is 11.9. The van der Waals surface area contributed by atoms with Crippen LogP contribution in [0, 0.1) is 0 Å². The van der Waals surface area contributed by atoms with Crippen LogP contribution in [0.4, 0.5) is 0 Å². The van der Waals surface area contributed by atoms with E-state index in [4.69, 9.17) is 19.4 Å². The predicted octanol–water partition coefficient (Wildman–Crippen LogP) is 14.8. The largest absolute Gasteiger partial charge is 0.456 e. The van der Waals surface area contributed by atoms with Crippen molar-refractivity contribution in [2.45, 2.75) is 0 Å². The lowest BCUT2D eigenvalue weighted by molar-refractivity contribution is 0.669. The van der Waals surface area contributed by atoms with Crippen molar-refractivity contribution < 1.29 is 4.42 Å². The van der Waals surface area contributed by atoms with Gasteiger partial charge in [-0.3, -0.25) is 0 Å².